The van der Waals surface area contributed by atoms with E-state index in [0.717, 1.165) is 11.1 Å². The van der Waals surface area contributed by atoms with Crippen LogP contribution in [0.25, 0.3) is 16.7 Å². The fourth-order valence-electron chi connectivity index (χ4n) is 4.48. The first kappa shape index (κ1) is 27.8. The summed E-state index contributed by atoms with van der Waals surface area (Å²) >= 11 is 0. The molecule has 0 unspecified atom stereocenters. The topological polar surface area (TPSA) is 120 Å². The molecule has 3 aromatic heterocycles. The van der Waals surface area contributed by atoms with Crippen molar-refractivity contribution < 1.29 is 19.0 Å². The van der Waals surface area contributed by atoms with Gasteiger partial charge in [0.1, 0.15) is 16.8 Å². The van der Waals surface area contributed by atoms with Crippen LogP contribution in [0.2, 0.25) is 0 Å². The summed E-state index contributed by atoms with van der Waals surface area (Å²) in [5.41, 5.74) is 2.54. The minimum absolute atomic E-state index is 0.000461. The minimum atomic E-state index is -0.428. The number of amides is 1. The second-order valence-electron chi connectivity index (χ2n) is 9.57. The van der Waals surface area contributed by atoms with E-state index in [4.69, 9.17) is 24.6 Å². The third-order valence-electron chi connectivity index (χ3n) is 6.50. The lowest BCUT2D eigenvalue weighted by Crippen LogP contribution is -2.36. The van der Waals surface area contributed by atoms with Crippen molar-refractivity contribution in [3.8, 4) is 11.5 Å². The van der Waals surface area contributed by atoms with Gasteiger partial charge in [-0.05, 0) is 69.0 Å². The van der Waals surface area contributed by atoms with Crippen LogP contribution in [0, 0.1) is 12.3 Å². The van der Waals surface area contributed by atoms with Gasteiger partial charge in [0.15, 0.2) is 11.5 Å². The third-order valence-corrected chi connectivity index (χ3v) is 6.50. The first-order chi connectivity index (χ1) is 18.7. The summed E-state index contributed by atoms with van der Waals surface area (Å²) in [6.07, 6.45) is 2.89. The van der Waals surface area contributed by atoms with Crippen LogP contribution in [0.3, 0.4) is 0 Å². The fourth-order valence-corrected chi connectivity index (χ4v) is 4.48. The Morgan fingerprint density at radius 3 is 2.59 bits per heavy atom. The van der Waals surface area contributed by atoms with Gasteiger partial charge in [-0.25, -0.2) is 4.98 Å². The number of hydrogen-bond acceptors (Lipinski definition) is 7. The number of nitrogens with one attached hydrogen (secondary N) is 2. The molecule has 0 bridgehead atoms. The highest BCUT2D eigenvalue weighted by atomic mass is 16.5. The van der Waals surface area contributed by atoms with Gasteiger partial charge in [0.25, 0.3) is 11.5 Å². The van der Waals surface area contributed by atoms with Gasteiger partial charge in [-0.3, -0.25) is 19.4 Å². The number of ether oxygens (including phenoxy) is 3. The van der Waals surface area contributed by atoms with E-state index in [1.165, 1.54) is 10.5 Å². The summed E-state index contributed by atoms with van der Waals surface area (Å²) in [5.74, 6) is 0.816. The fraction of sp³-hybridized carbons (Fsp3) is 0.379. The lowest BCUT2D eigenvalue weighted by Gasteiger charge is -2.16. The molecule has 4 rings (SSSR count). The maximum atomic E-state index is 13.5. The van der Waals surface area contributed by atoms with E-state index in [9.17, 15) is 9.59 Å². The summed E-state index contributed by atoms with van der Waals surface area (Å²) in [4.78, 5) is 31.5. The molecule has 0 fully saturated rings. The molecule has 39 heavy (non-hydrogen) atoms. The molecule has 3 heterocycles. The molecule has 10 heteroatoms. The van der Waals surface area contributed by atoms with Gasteiger partial charge >= 0.3 is 0 Å². The monoisotopic (exact) mass is 533 g/mol. The number of carbonyl (C=O) groups is 1. The van der Waals surface area contributed by atoms with Crippen molar-refractivity contribution in [1.82, 2.24) is 19.3 Å². The number of carbonyl (C=O) groups excluding carboxylic acids is 1. The largest absolute Gasteiger partial charge is 0.493 e. The Balaban J connectivity index is 1.67. The lowest BCUT2D eigenvalue weighted by molar-refractivity contribution is 0.0748. The normalized spacial score (nSPS) is 11.3. The molecular formula is C29H35N5O5. The van der Waals surface area contributed by atoms with Crippen LogP contribution in [0.5, 0.6) is 11.5 Å². The van der Waals surface area contributed by atoms with Crippen molar-refractivity contribution in [3.05, 3.63) is 75.1 Å². The molecule has 0 aliphatic rings. The Hall–Kier alpha value is -4.18. The number of rotatable bonds is 11. The Kier molecular flexibility index (Phi) is 8.65. The van der Waals surface area contributed by atoms with Crippen LogP contribution in [0.15, 0.2) is 47.4 Å². The van der Waals surface area contributed by atoms with E-state index >= 15 is 0 Å². The molecule has 0 aliphatic carbocycles. The van der Waals surface area contributed by atoms with Crippen LogP contribution in [0.4, 0.5) is 0 Å². The molecule has 10 nitrogen and oxygen atoms in total. The molecule has 2 N–H and O–H groups in total. The third kappa shape index (κ3) is 5.96. The first-order valence-corrected chi connectivity index (χ1v) is 13.0. The molecule has 0 saturated heterocycles. The maximum Gasteiger partial charge on any atom is 0.267 e. The average molecular weight is 534 g/mol. The highest BCUT2D eigenvalue weighted by Crippen LogP contribution is 2.27. The van der Waals surface area contributed by atoms with Crippen molar-refractivity contribution in [2.45, 2.75) is 46.3 Å². The number of fused-ring (bicyclic) bond motifs is 2. The van der Waals surface area contributed by atoms with Gasteiger partial charge in [0.2, 0.25) is 0 Å². The van der Waals surface area contributed by atoms with Crippen molar-refractivity contribution in [1.29, 1.82) is 5.41 Å². The molecule has 4 aromatic rings. The molecule has 0 atom stereocenters. The molecular weight excluding hydrogens is 498 g/mol. The van der Waals surface area contributed by atoms with Gasteiger partial charge in [-0.1, -0.05) is 12.1 Å². The molecule has 0 radical (unpaired) electrons. The van der Waals surface area contributed by atoms with Gasteiger partial charge in [-0.2, -0.15) is 0 Å². The van der Waals surface area contributed by atoms with E-state index in [1.54, 1.807) is 31.0 Å². The summed E-state index contributed by atoms with van der Waals surface area (Å²) in [7, 11) is 3.15. The average Bonchev–Trinajstić information content (AvgIpc) is 2.92. The smallest absolute Gasteiger partial charge is 0.267 e. The van der Waals surface area contributed by atoms with E-state index in [-0.39, 0.29) is 28.1 Å². The summed E-state index contributed by atoms with van der Waals surface area (Å²) in [5, 5.41) is 12.1. The summed E-state index contributed by atoms with van der Waals surface area (Å²) in [6.45, 7) is 7.01. The zero-order chi connectivity index (χ0) is 28.1. The molecule has 0 saturated carbocycles. The zero-order valence-electron chi connectivity index (χ0n) is 23.0. The Labute approximate surface area is 226 Å². The Morgan fingerprint density at radius 1 is 1.10 bits per heavy atom. The maximum absolute atomic E-state index is 13.5. The summed E-state index contributed by atoms with van der Waals surface area (Å²) < 4.78 is 19.4. The van der Waals surface area contributed by atoms with Crippen molar-refractivity contribution in [3.63, 3.8) is 0 Å². The number of aromatic nitrogens is 3. The quantitative estimate of drug-likeness (QED) is 0.226. The van der Waals surface area contributed by atoms with Crippen molar-refractivity contribution in [2.24, 2.45) is 0 Å². The SMILES string of the molecule is COc1ccc(CCNC(=O)c2cc3c(=O)n4cccc(C)c4nc3n(CCCOC(C)C)c2=N)cc1OC. The van der Waals surface area contributed by atoms with Gasteiger partial charge in [0.05, 0.1) is 31.3 Å². The number of aryl methyl sites for hydroxylation is 2. The molecule has 0 aliphatic heterocycles. The minimum Gasteiger partial charge on any atom is -0.493 e. The number of nitrogens with zero attached hydrogens (tertiary/aromatic N) is 3. The highest BCUT2D eigenvalue weighted by molar-refractivity contribution is 5.96. The van der Waals surface area contributed by atoms with Crippen LogP contribution in [-0.4, -0.2) is 53.3 Å². The number of methoxy groups -OCH3 is 2. The first-order valence-electron chi connectivity index (χ1n) is 13.0. The van der Waals surface area contributed by atoms with Crippen LogP contribution >= 0.6 is 0 Å². The van der Waals surface area contributed by atoms with Gasteiger partial charge in [0, 0.05) is 25.9 Å². The number of hydrogen-bond donors (Lipinski definition) is 2. The highest BCUT2D eigenvalue weighted by Gasteiger charge is 2.18. The van der Waals surface area contributed by atoms with E-state index < -0.39 is 5.91 Å². The predicted molar refractivity (Wildman–Crippen MR) is 149 cm³/mol. The zero-order valence-corrected chi connectivity index (χ0v) is 23.0. The van der Waals surface area contributed by atoms with Crippen molar-refractivity contribution >= 4 is 22.6 Å². The number of pyridine rings is 2. The van der Waals surface area contributed by atoms with Gasteiger partial charge in [-0.15, -0.1) is 0 Å². The van der Waals surface area contributed by atoms with Crippen LogP contribution in [0.1, 0.15) is 41.8 Å². The van der Waals surface area contributed by atoms with E-state index in [0.29, 0.717) is 55.3 Å². The molecule has 0 spiro atoms. The predicted octanol–water partition coefficient (Wildman–Crippen LogP) is 3.24. The molecule has 206 valence electrons. The Bertz CT molecular complexity index is 1620. The Morgan fingerprint density at radius 2 is 1.87 bits per heavy atom. The second kappa shape index (κ2) is 12.1. The lowest BCUT2D eigenvalue weighted by atomic mass is 10.1. The standard InChI is InChI=1S/C29H35N5O5/c1-18(2)39-15-7-14-33-25(30)21(17-22-27(33)32-26-19(3)8-6-13-34(26)29(22)36)28(35)31-12-11-20-9-10-23(37-4)24(16-20)38-5/h6,8-10,13,16-18,30H,7,11-12,14-15H2,1-5H3,(H,31,35). The van der Waals surface area contributed by atoms with Crippen molar-refractivity contribution in [2.75, 3.05) is 27.4 Å². The second-order valence-corrected chi connectivity index (χ2v) is 9.57. The van der Waals surface area contributed by atoms with E-state index in [1.807, 2.05) is 45.0 Å². The van der Waals surface area contributed by atoms with Crippen LogP contribution < -0.4 is 25.8 Å². The molecule has 1 aromatic carbocycles. The number of benzene rings is 1. The molecule has 1 amide bonds. The van der Waals surface area contributed by atoms with Crippen LogP contribution in [-0.2, 0) is 17.7 Å². The summed E-state index contributed by atoms with van der Waals surface area (Å²) in [6, 6.07) is 10.7. The van der Waals surface area contributed by atoms with E-state index in [2.05, 4.69) is 5.32 Å². The van der Waals surface area contributed by atoms with Gasteiger partial charge < -0.3 is 24.1 Å².